The van der Waals surface area contributed by atoms with E-state index in [-0.39, 0.29) is 5.97 Å². The molecule has 0 N–H and O–H groups in total. The largest absolute Gasteiger partial charge is 0.463 e. The van der Waals surface area contributed by atoms with Crippen molar-refractivity contribution >= 4 is 5.97 Å². The predicted octanol–water partition coefficient (Wildman–Crippen LogP) is 8.47. The van der Waals surface area contributed by atoms with Crippen LogP contribution >= 0.6 is 0 Å². The van der Waals surface area contributed by atoms with E-state index in [9.17, 15) is 4.79 Å². The highest BCUT2D eigenvalue weighted by molar-refractivity contribution is 5.69. The molecule has 0 radical (unpaired) electrons. The summed E-state index contributed by atoms with van der Waals surface area (Å²) in [6.45, 7) is 11.5. The predicted molar refractivity (Wildman–Crippen MR) is 180 cm³/mol. The molecule has 0 aromatic rings. The summed E-state index contributed by atoms with van der Waals surface area (Å²) in [5.74, 6) is -0.130. The second-order valence-corrected chi connectivity index (χ2v) is 11.7. The van der Waals surface area contributed by atoms with Crippen molar-refractivity contribution < 1.29 is 38.0 Å². The average Bonchev–Trinajstić information content (AvgIpc) is 3.03. The van der Waals surface area contributed by atoms with E-state index in [1.807, 2.05) is 0 Å². The zero-order chi connectivity index (χ0) is 31.9. The van der Waals surface area contributed by atoms with Crippen LogP contribution in [0.3, 0.4) is 0 Å². The van der Waals surface area contributed by atoms with Crippen molar-refractivity contribution in [2.45, 2.75) is 142 Å². The molecule has 0 aliphatic rings. The van der Waals surface area contributed by atoms with Crippen LogP contribution in [0.5, 0.6) is 0 Å². The summed E-state index contributed by atoms with van der Waals surface area (Å²) in [5.41, 5.74) is 0. The van der Waals surface area contributed by atoms with Crippen LogP contribution < -0.4 is 0 Å². The highest BCUT2D eigenvalue weighted by atomic mass is 16.6. The Balaban J connectivity index is 3.09. The van der Waals surface area contributed by atoms with E-state index >= 15 is 0 Å². The van der Waals surface area contributed by atoms with Crippen LogP contribution in [0.1, 0.15) is 142 Å². The molecule has 0 fully saturated rings. The van der Waals surface area contributed by atoms with Crippen molar-refractivity contribution in [1.82, 2.24) is 0 Å². The Morgan fingerprint density at radius 3 is 0.955 bits per heavy atom. The highest BCUT2D eigenvalue weighted by Crippen LogP contribution is 2.12. The summed E-state index contributed by atoms with van der Waals surface area (Å²) in [4.78, 5) is 11.7. The number of carbonyl (C=O) groups excluding carboxylic acids is 1. The first-order chi connectivity index (χ1) is 21.8. The lowest BCUT2D eigenvalue weighted by Gasteiger charge is -2.08. The van der Waals surface area contributed by atoms with Crippen LogP contribution in [-0.2, 0) is 38.0 Å². The molecule has 0 saturated heterocycles. The molecule has 264 valence electrons. The third-order valence-corrected chi connectivity index (χ3v) is 7.48. The fourth-order valence-electron chi connectivity index (χ4n) is 4.76. The number of carbonyl (C=O) groups is 1. The van der Waals surface area contributed by atoms with Crippen molar-refractivity contribution in [3.63, 3.8) is 0 Å². The summed E-state index contributed by atoms with van der Waals surface area (Å²) in [6.07, 6.45) is 25.3. The van der Waals surface area contributed by atoms with Gasteiger partial charge in [0, 0.05) is 13.0 Å². The Labute approximate surface area is 271 Å². The molecule has 0 amide bonds. The van der Waals surface area contributed by atoms with Crippen LogP contribution in [0.2, 0.25) is 0 Å². The molecule has 0 aliphatic carbocycles. The second-order valence-electron chi connectivity index (χ2n) is 11.7. The summed E-state index contributed by atoms with van der Waals surface area (Å²) in [7, 11) is 0. The molecule has 0 atom stereocenters. The quantitative estimate of drug-likeness (QED) is 0.0493. The summed E-state index contributed by atoms with van der Waals surface area (Å²) in [5, 5.41) is 0. The fraction of sp³-hybridized carbons (Fsp3) is 0.972. The molecule has 8 heteroatoms. The van der Waals surface area contributed by atoms with E-state index < -0.39 is 0 Å². The minimum Gasteiger partial charge on any atom is -0.463 e. The molecular weight excluding hydrogens is 560 g/mol. The van der Waals surface area contributed by atoms with Gasteiger partial charge in [-0.1, -0.05) is 123 Å². The van der Waals surface area contributed by atoms with Gasteiger partial charge in [0.05, 0.1) is 72.7 Å². The van der Waals surface area contributed by atoms with Gasteiger partial charge in [-0.25, -0.2) is 0 Å². The smallest absolute Gasteiger partial charge is 0.305 e. The van der Waals surface area contributed by atoms with Gasteiger partial charge in [0.25, 0.3) is 0 Å². The third-order valence-electron chi connectivity index (χ3n) is 7.48. The molecular formula is C36H72O8. The maximum Gasteiger partial charge on any atom is 0.305 e. The fourth-order valence-corrected chi connectivity index (χ4v) is 4.76. The van der Waals surface area contributed by atoms with Gasteiger partial charge in [0.2, 0.25) is 0 Å². The lowest BCUT2D eigenvalue weighted by atomic mass is 10.0. The first-order valence-electron chi connectivity index (χ1n) is 18.4. The molecule has 0 saturated carbocycles. The number of esters is 1. The van der Waals surface area contributed by atoms with E-state index in [1.54, 1.807) is 0 Å². The standard InChI is InChI=1S/C36H72O8/c1-3-5-7-9-11-12-13-14-15-16-17-19-21-23-38-24-25-39-26-27-40-28-29-41-30-31-42-32-33-43-34-35-44-36(37)22-20-18-10-8-6-4-2/h3-35H2,1-2H3. The normalized spacial score (nSPS) is 11.4. The lowest BCUT2D eigenvalue weighted by molar-refractivity contribution is -0.145. The number of hydrogen-bond acceptors (Lipinski definition) is 8. The van der Waals surface area contributed by atoms with Crippen molar-refractivity contribution in [2.24, 2.45) is 0 Å². The zero-order valence-electron chi connectivity index (χ0n) is 29.1. The van der Waals surface area contributed by atoms with Crippen LogP contribution in [0.4, 0.5) is 0 Å². The van der Waals surface area contributed by atoms with E-state index in [2.05, 4.69) is 13.8 Å². The van der Waals surface area contributed by atoms with E-state index in [0.717, 1.165) is 25.9 Å². The maximum absolute atomic E-state index is 11.7. The maximum atomic E-state index is 11.7. The Kier molecular flexibility index (Phi) is 39.5. The molecule has 0 spiro atoms. The van der Waals surface area contributed by atoms with Gasteiger partial charge in [-0.05, 0) is 12.8 Å². The van der Waals surface area contributed by atoms with Gasteiger partial charge >= 0.3 is 5.97 Å². The Morgan fingerprint density at radius 1 is 0.318 bits per heavy atom. The summed E-state index contributed by atoms with van der Waals surface area (Å²) < 4.78 is 38.3. The molecule has 0 unspecified atom stereocenters. The first-order valence-corrected chi connectivity index (χ1v) is 18.4. The van der Waals surface area contributed by atoms with Crippen LogP contribution in [0.25, 0.3) is 0 Å². The number of rotatable bonds is 39. The van der Waals surface area contributed by atoms with Gasteiger partial charge in [-0.15, -0.1) is 0 Å². The monoisotopic (exact) mass is 633 g/mol. The topological polar surface area (TPSA) is 81.7 Å². The van der Waals surface area contributed by atoms with Crippen molar-refractivity contribution in [2.75, 3.05) is 85.9 Å². The summed E-state index contributed by atoms with van der Waals surface area (Å²) >= 11 is 0. The van der Waals surface area contributed by atoms with E-state index in [0.29, 0.717) is 85.7 Å². The van der Waals surface area contributed by atoms with Crippen LogP contribution in [0.15, 0.2) is 0 Å². The lowest BCUT2D eigenvalue weighted by Crippen LogP contribution is -2.15. The summed E-state index contributed by atoms with van der Waals surface area (Å²) in [6, 6.07) is 0. The molecule has 0 rings (SSSR count). The Morgan fingerprint density at radius 2 is 0.591 bits per heavy atom. The van der Waals surface area contributed by atoms with Crippen molar-refractivity contribution in [1.29, 1.82) is 0 Å². The van der Waals surface area contributed by atoms with Gasteiger partial charge in [-0.2, -0.15) is 0 Å². The molecule has 44 heavy (non-hydrogen) atoms. The van der Waals surface area contributed by atoms with Gasteiger partial charge in [0.1, 0.15) is 6.61 Å². The molecule has 0 heterocycles. The Hall–Kier alpha value is -0.770. The minimum absolute atomic E-state index is 0.130. The second kappa shape index (κ2) is 40.3. The van der Waals surface area contributed by atoms with Crippen molar-refractivity contribution in [3.8, 4) is 0 Å². The number of ether oxygens (including phenoxy) is 7. The van der Waals surface area contributed by atoms with Gasteiger partial charge in [-0.3, -0.25) is 4.79 Å². The SMILES string of the molecule is CCCCCCCCCCCCCCCOCCOCCOCCOCCOCCOCCOC(=O)CCCCCCCC. The number of unbranched alkanes of at least 4 members (excludes halogenated alkanes) is 17. The van der Waals surface area contributed by atoms with E-state index in [1.165, 1.54) is 103 Å². The van der Waals surface area contributed by atoms with Crippen LogP contribution in [0, 0.1) is 0 Å². The number of hydrogen-bond donors (Lipinski definition) is 0. The average molecular weight is 633 g/mol. The highest BCUT2D eigenvalue weighted by Gasteiger charge is 2.02. The van der Waals surface area contributed by atoms with E-state index in [4.69, 9.17) is 33.2 Å². The van der Waals surface area contributed by atoms with Gasteiger partial charge < -0.3 is 33.2 Å². The molecule has 0 aromatic carbocycles. The molecule has 0 bridgehead atoms. The first kappa shape index (κ1) is 43.2. The van der Waals surface area contributed by atoms with Gasteiger partial charge in [0.15, 0.2) is 0 Å². The van der Waals surface area contributed by atoms with Crippen LogP contribution in [-0.4, -0.2) is 91.9 Å². The molecule has 0 aromatic heterocycles. The molecule has 0 aliphatic heterocycles. The zero-order valence-corrected chi connectivity index (χ0v) is 29.1. The Bertz CT molecular complexity index is 534. The van der Waals surface area contributed by atoms with Crippen molar-refractivity contribution in [3.05, 3.63) is 0 Å². The minimum atomic E-state index is -0.130. The third kappa shape index (κ3) is 39.3. The molecule has 8 nitrogen and oxygen atoms in total.